The lowest BCUT2D eigenvalue weighted by Crippen LogP contribution is -2.27. The smallest absolute Gasteiger partial charge is 0.300 e. The molecule has 0 heterocycles. The van der Waals surface area contributed by atoms with E-state index in [1.807, 2.05) is 6.08 Å². The minimum Gasteiger partial charge on any atom is -0.481 e. The van der Waals surface area contributed by atoms with Crippen molar-refractivity contribution < 1.29 is 20.1 Å². The minimum atomic E-state index is -0.833. The molecule has 0 aromatic rings. The summed E-state index contributed by atoms with van der Waals surface area (Å²) in [6.07, 6.45) is 8.67. The molecular formula is C18H34O4. The van der Waals surface area contributed by atoms with E-state index in [2.05, 4.69) is 33.8 Å². The third-order valence-corrected chi connectivity index (χ3v) is 4.43. The van der Waals surface area contributed by atoms with Crippen molar-refractivity contribution in [3.63, 3.8) is 0 Å². The van der Waals surface area contributed by atoms with Crippen LogP contribution in [0.3, 0.4) is 0 Å². The lowest BCUT2D eigenvalue weighted by atomic mass is 9.81. The van der Waals surface area contributed by atoms with Gasteiger partial charge in [-0.05, 0) is 36.5 Å². The molecule has 130 valence electrons. The molecule has 1 saturated carbocycles. The van der Waals surface area contributed by atoms with Crippen LogP contribution < -0.4 is 0 Å². The number of carboxylic acid groups (broad SMARTS) is 1. The molecule has 4 nitrogen and oxygen atoms in total. The Balaban J connectivity index is 0.000000980. The fraction of sp³-hybridized carbons (Fsp3) is 0.833. The van der Waals surface area contributed by atoms with Crippen molar-refractivity contribution in [1.29, 1.82) is 0 Å². The Labute approximate surface area is 135 Å². The molecule has 22 heavy (non-hydrogen) atoms. The molecule has 0 aromatic carbocycles. The number of aliphatic hydroxyl groups excluding tert-OH is 2. The summed E-state index contributed by atoms with van der Waals surface area (Å²) < 4.78 is 0. The molecule has 3 N–H and O–H groups in total. The van der Waals surface area contributed by atoms with E-state index < -0.39 is 5.97 Å². The number of carbonyl (C=O) groups is 1. The van der Waals surface area contributed by atoms with Crippen molar-refractivity contribution in [3.8, 4) is 0 Å². The van der Waals surface area contributed by atoms with Crippen LogP contribution in [-0.2, 0) is 4.79 Å². The summed E-state index contributed by atoms with van der Waals surface area (Å²) in [4.78, 5) is 9.00. The second-order valence-corrected chi connectivity index (χ2v) is 7.21. The van der Waals surface area contributed by atoms with Gasteiger partial charge in [0, 0.05) is 6.92 Å². The van der Waals surface area contributed by atoms with E-state index in [1.165, 1.54) is 6.42 Å². The van der Waals surface area contributed by atoms with Gasteiger partial charge in [0.15, 0.2) is 0 Å². The van der Waals surface area contributed by atoms with E-state index in [0.717, 1.165) is 32.6 Å². The maximum absolute atomic E-state index is 10.3. The molecule has 1 aliphatic carbocycles. The second-order valence-electron chi connectivity index (χ2n) is 7.21. The van der Waals surface area contributed by atoms with Crippen LogP contribution in [0.4, 0.5) is 0 Å². The third-order valence-electron chi connectivity index (χ3n) is 4.43. The zero-order valence-electron chi connectivity index (χ0n) is 14.7. The Kier molecular flexibility index (Phi) is 9.61. The number of carboxylic acids is 1. The normalized spacial score (nSPS) is 26.6. The maximum atomic E-state index is 10.3. The summed E-state index contributed by atoms with van der Waals surface area (Å²) >= 11 is 0. The molecule has 0 aromatic heterocycles. The van der Waals surface area contributed by atoms with Crippen molar-refractivity contribution in [3.05, 3.63) is 12.2 Å². The largest absolute Gasteiger partial charge is 0.481 e. The van der Waals surface area contributed by atoms with Crippen molar-refractivity contribution in [1.82, 2.24) is 0 Å². The predicted octanol–water partition coefficient (Wildman–Crippen LogP) is 3.62. The van der Waals surface area contributed by atoms with Gasteiger partial charge in [0.2, 0.25) is 0 Å². The summed E-state index contributed by atoms with van der Waals surface area (Å²) in [5, 5.41) is 27.3. The van der Waals surface area contributed by atoms with Gasteiger partial charge in [-0.25, -0.2) is 0 Å². The van der Waals surface area contributed by atoms with Gasteiger partial charge in [-0.1, -0.05) is 52.7 Å². The van der Waals surface area contributed by atoms with E-state index >= 15 is 0 Å². The summed E-state index contributed by atoms with van der Waals surface area (Å²) in [7, 11) is 0. The van der Waals surface area contributed by atoms with E-state index in [0.29, 0.717) is 11.8 Å². The number of rotatable bonds is 6. The molecule has 1 unspecified atom stereocenters. The highest BCUT2D eigenvalue weighted by Gasteiger charge is 2.29. The lowest BCUT2D eigenvalue weighted by Gasteiger charge is -2.28. The van der Waals surface area contributed by atoms with E-state index in [-0.39, 0.29) is 17.6 Å². The molecule has 4 atom stereocenters. The van der Waals surface area contributed by atoms with Gasteiger partial charge < -0.3 is 15.3 Å². The number of aliphatic carboxylic acids is 1. The highest BCUT2D eigenvalue weighted by Crippen LogP contribution is 2.34. The molecule has 1 fully saturated rings. The van der Waals surface area contributed by atoms with Gasteiger partial charge in [0.1, 0.15) is 0 Å². The number of hydrogen-bond donors (Lipinski definition) is 3. The van der Waals surface area contributed by atoms with E-state index in [1.54, 1.807) is 0 Å². The Bertz CT molecular complexity index is 345. The van der Waals surface area contributed by atoms with Crippen molar-refractivity contribution in [2.75, 3.05) is 0 Å². The van der Waals surface area contributed by atoms with Gasteiger partial charge in [-0.3, -0.25) is 4.79 Å². The van der Waals surface area contributed by atoms with Crippen molar-refractivity contribution >= 4 is 5.97 Å². The number of allylic oxidation sites excluding steroid dienone is 1. The highest BCUT2D eigenvalue weighted by atomic mass is 16.4. The van der Waals surface area contributed by atoms with Gasteiger partial charge >= 0.3 is 0 Å². The van der Waals surface area contributed by atoms with Gasteiger partial charge in [0.05, 0.1) is 12.2 Å². The number of unbranched alkanes of at least 4 members (excludes halogenated alkanes) is 1. The quantitative estimate of drug-likeness (QED) is 0.654. The van der Waals surface area contributed by atoms with Crippen LogP contribution in [0.5, 0.6) is 0 Å². The van der Waals surface area contributed by atoms with Gasteiger partial charge in [-0.2, -0.15) is 0 Å². The monoisotopic (exact) mass is 314 g/mol. The number of aliphatic hydroxyl groups is 2. The molecule has 0 spiro atoms. The Hall–Kier alpha value is -0.870. The van der Waals surface area contributed by atoms with Crippen LogP contribution in [-0.4, -0.2) is 33.5 Å². The molecule has 0 aliphatic heterocycles. The fourth-order valence-corrected chi connectivity index (χ4v) is 2.80. The van der Waals surface area contributed by atoms with Crippen LogP contribution in [0.1, 0.15) is 66.7 Å². The Morgan fingerprint density at radius 1 is 1.36 bits per heavy atom. The van der Waals surface area contributed by atoms with Gasteiger partial charge in [0.25, 0.3) is 5.97 Å². The summed E-state index contributed by atoms with van der Waals surface area (Å²) in [6.45, 7) is 9.70. The first-order valence-corrected chi connectivity index (χ1v) is 8.34. The van der Waals surface area contributed by atoms with Crippen LogP contribution in [0.2, 0.25) is 0 Å². The molecule has 0 amide bonds. The second kappa shape index (κ2) is 10.0. The molecule has 1 aliphatic rings. The summed E-state index contributed by atoms with van der Waals surface area (Å²) in [5.41, 5.74) is -0.0486. The average Bonchev–Trinajstić information content (AvgIpc) is 2.71. The lowest BCUT2D eigenvalue weighted by molar-refractivity contribution is -0.134. The first-order chi connectivity index (χ1) is 10.1. The first-order valence-electron chi connectivity index (χ1n) is 8.34. The minimum absolute atomic E-state index is 0.0486. The third kappa shape index (κ3) is 8.54. The summed E-state index contributed by atoms with van der Waals surface area (Å²) in [5.74, 6) is 0.124. The predicted molar refractivity (Wildman–Crippen MR) is 89.7 cm³/mol. The first kappa shape index (κ1) is 21.1. The van der Waals surface area contributed by atoms with Crippen LogP contribution in [0.15, 0.2) is 12.2 Å². The number of hydrogen-bond acceptors (Lipinski definition) is 3. The fourth-order valence-electron chi connectivity index (χ4n) is 2.80. The van der Waals surface area contributed by atoms with Crippen LogP contribution >= 0.6 is 0 Å². The molecule has 0 bridgehead atoms. The zero-order valence-corrected chi connectivity index (χ0v) is 14.7. The molecule has 4 heteroatoms. The topological polar surface area (TPSA) is 77.8 Å². The Morgan fingerprint density at radius 2 is 1.91 bits per heavy atom. The van der Waals surface area contributed by atoms with Gasteiger partial charge in [-0.15, -0.1) is 0 Å². The standard InChI is InChI=1S/C16H30O2.C2H4O2/c1-5-6-9-16(3,4)15(18)8-7-13-11-14(17)10-12(13)2;1-2(3)4/h7-8,12-15,17-18H,5-6,9-11H2,1-4H3;1H3,(H,3,4)/b8-7+;/t12-,13-,14+,15?;/m1./s1. The molecule has 0 saturated heterocycles. The zero-order chi connectivity index (χ0) is 17.3. The molecule has 1 rings (SSSR count). The molecule has 0 radical (unpaired) electrons. The van der Waals surface area contributed by atoms with E-state index in [4.69, 9.17) is 9.90 Å². The van der Waals surface area contributed by atoms with Crippen LogP contribution in [0.25, 0.3) is 0 Å². The van der Waals surface area contributed by atoms with Crippen molar-refractivity contribution in [2.45, 2.75) is 78.9 Å². The van der Waals surface area contributed by atoms with Crippen LogP contribution in [0, 0.1) is 17.3 Å². The van der Waals surface area contributed by atoms with E-state index in [9.17, 15) is 10.2 Å². The SMILES string of the molecule is CC(=O)O.CCCCC(C)(C)C(O)/C=C/[C@@H]1C[C@@H](O)C[C@H]1C. The Morgan fingerprint density at radius 3 is 2.32 bits per heavy atom. The highest BCUT2D eigenvalue weighted by molar-refractivity contribution is 5.62. The maximum Gasteiger partial charge on any atom is 0.300 e. The van der Waals surface area contributed by atoms with Crippen molar-refractivity contribution in [2.24, 2.45) is 17.3 Å². The molecular weight excluding hydrogens is 280 g/mol. The average molecular weight is 314 g/mol. The summed E-state index contributed by atoms with van der Waals surface area (Å²) in [6, 6.07) is 0.